The first-order valence-electron chi connectivity index (χ1n) is 9.06. The highest BCUT2D eigenvalue weighted by Gasteiger charge is 2.29. The lowest BCUT2D eigenvalue weighted by molar-refractivity contribution is -0.139. The van der Waals surface area contributed by atoms with Crippen molar-refractivity contribution in [1.29, 1.82) is 0 Å². The zero-order chi connectivity index (χ0) is 20.8. The third-order valence-electron chi connectivity index (χ3n) is 4.43. The second kappa shape index (κ2) is 7.29. The summed E-state index contributed by atoms with van der Waals surface area (Å²) in [6.45, 7) is 3.01. The molecule has 2 aromatic heterocycles. The molecule has 4 rings (SSSR count). The van der Waals surface area contributed by atoms with Crippen molar-refractivity contribution in [3.05, 3.63) is 48.0 Å². The fraction of sp³-hybridized carbons (Fsp3) is 0.300. The molecule has 4 nitrogen and oxygen atoms in total. The van der Waals surface area contributed by atoms with Gasteiger partial charge in [0.25, 0.3) is 0 Å². The number of hydrogen-bond donors (Lipinski definition) is 1. The Balaban J connectivity index is 1.76. The molecular formula is C20H18F4N4S. The second-order valence-electron chi connectivity index (χ2n) is 7.31. The Morgan fingerprint density at radius 1 is 1.17 bits per heavy atom. The molecule has 0 fully saturated rings. The highest BCUT2D eigenvalue weighted by molar-refractivity contribution is 7.22. The van der Waals surface area contributed by atoms with Crippen LogP contribution in [0, 0.1) is 11.7 Å². The van der Waals surface area contributed by atoms with Crippen LogP contribution < -0.4 is 5.32 Å². The maximum absolute atomic E-state index is 13.8. The van der Waals surface area contributed by atoms with E-state index in [1.807, 2.05) is 0 Å². The van der Waals surface area contributed by atoms with Crippen molar-refractivity contribution in [2.24, 2.45) is 5.92 Å². The summed E-state index contributed by atoms with van der Waals surface area (Å²) < 4.78 is 54.3. The topological polar surface area (TPSA) is 42.7 Å². The molecule has 0 spiro atoms. The van der Waals surface area contributed by atoms with E-state index in [1.54, 1.807) is 18.2 Å². The van der Waals surface area contributed by atoms with Crippen molar-refractivity contribution in [3.8, 4) is 0 Å². The normalized spacial score (nSPS) is 12.4. The molecule has 9 heteroatoms. The molecule has 0 amide bonds. The van der Waals surface area contributed by atoms with Gasteiger partial charge in [0.2, 0.25) is 0 Å². The zero-order valence-electron chi connectivity index (χ0n) is 15.7. The Bertz CT molecular complexity index is 1180. The Hall–Kier alpha value is -2.68. The number of nitrogens with one attached hydrogen (secondary N) is 1. The first-order valence-corrected chi connectivity index (χ1v) is 9.88. The molecule has 0 aliphatic rings. The van der Waals surface area contributed by atoms with Gasteiger partial charge in [-0.25, -0.2) is 14.4 Å². The fourth-order valence-corrected chi connectivity index (χ4v) is 4.19. The van der Waals surface area contributed by atoms with Crippen molar-refractivity contribution in [2.75, 3.05) is 5.32 Å². The Labute approximate surface area is 168 Å². The van der Waals surface area contributed by atoms with E-state index in [2.05, 4.69) is 29.1 Å². The monoisotopic (exact) mass is 422 g/mol. The number of alkyl halides is 3. The van der Waals surface area contributed by atoms with Crippen LogP contribution >= 0.6 is 11.3 Å². The first kappa shape index (κ1) is 19.6. The zero-order valence-corrected chi connectivity index (χ0v) is 16.5. The number of imidazole rings is 1. The molecule has 2 aromatic carbocycles. The van der Waals surface area contributed by atoms with E-state index in [0.717, 1.165) is 21.3 Å². The molecule has 152 valence electrons. The molecule has 0 saturated heterocycles. The van der Waals surface area contributed by atoms with Gasteiger partial charge in [-0.2, -0.15) is 13.2 Å². The van der Waals surface area contributed by atoms with E-state index in [0.29, 0.717) is 33.3 Å². The molecule has 0 unspecified atom stereocenters. The van der Waals surface area contributed by atoms with Gasteiger partial charge in [0.15, 0.2) is 5.13 Å². The summed E-state index contributed by atoms with van der Waals surface area (Å²) in [5.41, 5.74) is 2.79. The molecule has 0 aliphatic carbocycles. The van der Waals surface area contributed by atoms with Crippen molar-refractivity contribution in [1.82, 2.24) is 14.5 Å². The number of nitrogens with zero attached hydrogens (tertiary/aromatic N) is 3. The standard InChI is InChI=1S/C20H18F4N4S/c1-11(2)7-12-3-4-13(21)8-15(12)26-19-27-17-16(29-19)6-5-14-18(17)28(10-25-14)9-20(22,23)24/h3-6,8,10-11H,7,9H2,1-2H3,(H,26,27). The maximum Gasteiger partial charge on any atom is 0.406 e. The molecule has 0 bridgehead atoms. The van der Waals surface area contributed by atoms with Crippen LogP contribution in [-0.4, -0.2) is 20.7 Å². The largest absolute Gasteiger partial charge is 0.406 e. The van der Waals surface area contributed by atoms with E-state index in [9.17, 15) is 17.6 Å². The summed E-state index contributed by atoms with van der Waals surface area (Å²) >= 11 is 1.30. The molecule has 4 aromatic rings. The number of rotatable bonds is 5. The van der Waals surface area contributed by atoms with Crippen molar-refractivity contribution >= 4 is 43.4 Å². The summed E-state index contributed by atoms with van der Waals surface area (Å²) in [7, 11) is 0. The number of fused-ring (bicyclic) bond motifs is 3. The second-order valence-corrected chi connectivity index (χ2v) is 8.34. The third kappa shape index (κ3) is 4.19. The summed E-state index contributed by atoms with van der Waals surface area (Å²) in [4.78, 5) is 8.57. The minimum absolute atomic E-state index is 0.339. The van der Waals surface area contributed by atoms with Gasteiger partial charge in [0, 0.05) is 5.69 Å². The van der Waals surface area contributed by atoms with E-state index in [4.69, 9.17) is 0 Å². The van der Waals surface area contributed by atoms with Crippen LogP contribution in [0.5, 0.6) is 0 Å². The lowest BCUT2D eigenvalue weighted by Crippen LogP contribution is -2.16. The molecule has 0 saturated carbocycles. The molecule has 1 N–H and O–H groups in total. The van der Waals surface area contributed by atoms with Gasteiger partial charge in [0.05, 0.1) is 22.1 Å². The van der Waals surface area contributed by atoms with Crippen LogP contribution in [0.4, 0.5) is 28.4 Å². The average Bonchev–Trinajstić information content (AvgIpc) is 3.19. The van der Waals surface area contributed by atoms with Gasteiger partial charge in [-0.05, 0) is 42.2 Å². The van der Waals surface area contributed by atoms with Crippen LogP contribution in [0.25, 0.3) is 21.3 Å². The molecule has 0 radical (unpaired) electrons. The highest BCUT2D eigenvalue weighted by Crippen LogP contribution is 2.35. The number of halogens is 4. The minimum Gasteiger partial charge on any atom is -0.331 e. The van der Waals surface area contributed by atoms with E-state index < -0.39 is 12.7 Å². The van der Waals surface area contributed by atoms with Gasteiger partial charge in [-0.3, -0.25) is 0 Å². The number of benzene rings is 2. The predicted octanol–water partition coefficient (Wildman–Crippen LogP) is 6.29. The van der Waals surface area contributed by atoms with Crippen LogP contribution in [-0.2, 0) is 13.0 Å². The summed E-state index contributed by atoms with van der Waals surface area (Å²) in [5, 5.41) is 3.64. The quantitative estimate of drug-likeness (QED) is 0.385. The van der Waals surface area contributed by atoms with Gasteiger partial charge >= 0.3 is 6.18 Å². The number of aromatic nitrogens is 3. The minimum atomic E-state index is -4.36. The van der Waals surface area contributed by atoms with E-state index in [-0.39, 0.29) is 5.82 Å². The highest BCUT2D eigenvalue weighted by atomic mass is 32.1. The van der Waals surface area contributed by atoms with E-state index >= 15 is 0 Å². The lowest BCUT2D eigenvalue weighted by Gasteiger charge is -2.12. The van der Waals surface area contributed by atoms with Crippen LogP contribution in [0.1, 0.15) is 19.4 Å². The average molecular weight is 422 g/mol. The Morgan fingerprint density at radius 3 is 2.69 bits per heavy atom. The fourth-order valence-electron chi connectivity index (χ4n) is 3.31. The molecular weight excluding hydrogens is 404 g/mol. The molecule has 0 atom stereocenters. The Kier molecular flexibility index (Phi) is 4.94. The van der Waals surface area contributed by atoms with Crippen molar-refractivity contribution in [3.63, 3.8) is 0 Å². The SMILES string of the molecule is CC(C)Cc1ccc(F)cc1Nc1nc2c(ccc3ncn(CC(F)(F)F)c32)s1. The van der Waals surface area contributed by atoms with Crippen LogP contribution in [0.15, 0.2) is 36.7 Å². The number of anilines is 2. The molecule has 2 heterocycles. The van der Waals surface area contributed by atoms with Gasteiger partial charge in [-0.15, -0.1) is 0 Å². The Morgan fingerprint density at radius 2 is 1.97 bits per heavy atom. The van der Waals surface area contributed by atoms with Gasteiger partial charge in [0.1, 0.15) is 17.9 Å². The summed E-state index contributed by atoms with van der Waals surface area (Å²) in [6.07, 6.45) is -2.42. The smallest absolute Gasteiger partial charge is 0.331 e. The third-order valence-corrected chi connectivity index (χ3v) is 5.36. The van der Waals surface area contributed by atoms with E-state index in [1.165, 1.54) is 29.8 Å². The molecule has 0 aliphatic heterocycles. The van der Waals surface area contributed by atoms with Crippen molar-refractivity contribution < 1.29 is 17.6 Å². The van der Waals surface area contributed by atoms with Gasteiger partial charge < -0.3 is 9.88 Å². The lowest BCUT2D eigenvalue weighted by atomic mass is 10.0. The predicted molar refractivity (Wildman–Crippen MR) is 107 cm³/mol. The van der Waals surface area contributed by atoms with Crippen molar-refractivity contribution in [2.45, 2.75) is 33.0 Å². The van der Waals surface area contributed by atoms with Crippen LogP contribution in [0.3, 0.4) is 0 Å². The maximum atomic E-state index is 13.8. The van der Waals surface area contributed by atoms with Crippen LogP contribution in [0.2, 0.25) is 0 Å². The number of hydrogen-bond acceptors (Lipinski definition) is 4. The van der Waals surface area contributed by atoms with Gasteiger partial charge in [-0.1, -0.05) is 31.3 Å². The molecule has 29 heavy (non-hydrogen) atoms. The first-order chi connectivity index (χ1) is 13.7. The summed E-state index contributed by atoms with van der Waals surface area (Å²) in [5.74, 6) is 0.0134. The number of thiazole rings is 1. The summed E-state index contributed by atoms with van der Waals surface area (Å²) in [6, 6.07) is 8.03.